The molecule has 86 valence electrons. The molecule has 0 unspecified atom stereocenters. The second-order valence-corrected chi connectivity index (χ2v) is 3.96. The topological polar surface area (TPSA) is 58.1 Å². The van der Waals surface area contributed by atoms with Crippen molar-refractivity contribution in [3.63, 3.8) is 0 Å². The Hall–Kier alpha value is -1.20. The van der Waals surface area contributed by atoms with Crippen LogP contribution in [0.2, 0.25) is 5.15 Å². The van der Waals surface area contributed by atoms with E-state index in [2.05, 4.69) is 15.3 Å². The lowest BCUT2D eigenvalue weighted by Crippen LogP contribution is -2.47. The summed E-state index contributed by atoms with van der Waals surface area (Å²) in [6.07, 6.45) is 3.29. The first-order valence-corrected chi connectivity index (χ1v) is 5.59. The molecule has 1 fully saturated rings. The third-order valence-corrected chi connectivity index (χ3v) is 2.83. The molecule has 0 radical (unpaired) electrons. The Labute approximate surface area is 98.8 Å². The molecule has 1 aromatic heterocycles. The number of rotatable bonds is 2. The molecule has 0 aliphatic carbocycles. The van der Waals surface area contributed by atoms with E-state index in [-0.39, 0.29) is 12.3 Å². The van der Waals surface area contributed by atoms with Crippen molar-refractivity contribution in [3.8, 4) is 0 Å². The highest BCUT2D eigenvalue weighted by atomic mass is 35.5. The monoisotopic (exact) mass is 240 g/mol. The Bertz CT molecular complexity index is 379. The molecule has 1 aliphatic rings. The molecule has 1 saturated heterocycles. The zero-order valence-electron chi connectivity index (χ0n) is 8.82. The molecule has 0 atom stereocenters. The lowest BCUT2D eigenvalue weighted by Gasteiger charge is -2.27. The van der Waals surface area contributed by atoms with Crippen molar-refractivity contribution in [1.82, 2.24) is 20.2 Å². The van der Waals surface area contributed by atoms with Gasteiger partial charge in [-0.3, -0.25) is 9.78 Å². The minimum Gasteiger partial charge on any atom is -0.340 e. The molecule has 1 aromatic rings. The molecule has 16 heavy (non-hydrogen) atoms. The van der Waals surface area contributed by atoms with E-state index in [0.29, 0.717) is 10.8 Å². The van der Waals surface area contributed by atoms with Crippen molar-refractivity contribution in [1.29, 1.82) is 0 Å². The Morgan fingerprint density at radius 1 is 1.38 bits per heavy atom. The third-order valence-electron chi connectivity index (χ3n) is 2.51. The van der Waals surface area contributed by atoms with Gasteiger partial charge in [-0.25, -0.2) is 4.98 Å². The van der Waals surface area contributed by atoms with Gasteiger partial charge in [0, 0.05) is 38.6 Å². The molecule has 1 aliphatic heterocycles. The number of piperazine rings is 1. The lowest BCUT2D eigenvalue weighted by atomic mass is 10.2. The summed E-state index contributed by atoms with van der Waals surface area (Å²) >= 11 is 5.85. The highest BCUT2D eigenvalue weighted by Gasteiger charge is 2.18. The van der Waals surface area contributed by atoms with Crippen LogP contribution in [0.4, 0.5) is 0 Å². The van der Waals surface area contributed by atoms with E-state index in [1.807, 2.05) is 4.90 Å². The number of carbonyl (C=O) groups is 1. The number of nitrogens with zero attached hydrogens (tertiary/aromatic N) is 3. The average molecular weight is 241 g/mol. The number of hydrogen-bond acceptors (Lipinski definition) is 4. The Kier molecular flexibility index (Phi) is 3.69. The summed E-state index contributed by atoms with van der Waals surface area (Å²) in [6.45, 7) is 3.19. The molecule has 5 nitrogen and oxygen atoms in total. The Balaban J connectivity index is 1.99. The fraction of sp³-hybridized carbons (Fsp3) is 0.500. The van der Waals surface area contributed by atoms with Crippen LogP contribution in [0.5, 0.6) is 0 Å². The Morgan fingerprint density at radius 3 is 2.75 bits per heavy atom. The smallest absolute Gasteiger partial charge is 0.228 e. The van der Waals surface area contributed by atoms with Crippen LogP contribution >= 0.6 is 11.6 Å². The highest BCUT2D eigenvalue weighted by Crippen LogP contribution is 2.10. The molecule has 2 rings (SSSR count). The Morgan fingerprint density at radius 2 is 2.06 bits per heavy atom. The predicted molar refractivity (Wildman–Crippen MR) is 60.2 cm³/mol. The van der Waals surface area contributed by atoms with Gasteiger partial charge in [0.25, 0.3) is 0 Å². The molecular weight excluding hydrogens is 228 g/mol. The van der Waals surface area contributed by atoms with Gasteiger partial charge in [0.15, 0.2) is 5.15 Å². The summed E-state index contributed by atoms with van der Waals surface area (Å²) < 4.78 is 0. The molecule has 6 heteroatoms. The van der Waals surface area contributed by atoms with Gasteiger partial charge < -0.3 is 10.2 Å². The maximum Gasteiger partial charge on any atom is 0.228 e. The van der Waals surface area contributed by atoms with Gasteiger partial charge in [0.2, 0.25) is 5.91 Å². The molecule has 0 saturated carbocycles. The van der Waals surface area contributed by atoms with Crippen LogP contribution in [-0.4, -0.2) is 47.0 Å². The molecule has 0 aromatic carbocycles. The highest BCUT2D eigenvalue weighted by molar-refractivity contribution is 6.30. The molecule has 0 bridgehead atoms. The normalized spacial score (nSPS) is 16.2. The van der Waals surface area contributed by atoms with E-state index in [0.717, 1.165) is 26.2 Å². The van der Waals surface area contributed by atoms with Crippen molar-refractivity contribution >= 4 is 17.5 Å². The van der Waals surface area contributed by atoms with E-state index in [1.54, 1.807) is 6.20 Å². The number of aromatic nitrogens is 2. The summed E-state index contributed by atoms with van der Waals surface area (Å²) in [5.74, 6) is 0.0592. The number of nitrogens with one attached hydrogen (secondary N) is 1. The van der Waals surface area contributed by atoms with Crippen LogP contribution in [0.3, 0.4) is 0 Å². The van der Waals surface area contributed by atoms with Crippen molar-refractivity contribution in [3.05, 3.63) is 23.2 Å². The second kappa shape index (κ2) is 5.23. The quantitative estimate of drug-likeness (QED) is 0.797. The summed E-state index contributed by atoms with van der Waals surface area (Å²) in [5, 5.41) is 3.51. The minimum absolute atomic E-state index is 0.0592. The van der Waals surface area contributed by atoms with Gasteiger partial charge >= 0.3 is 0 Å². The first-order chi connectivity index (χ1) is 7.77. The lowest BCUT2D eigenvalue weighted by molar-refractivity contribution is -0.131. The maximum absolute atomic E-state index is 11.9. The van der Waals surface area contributed by atoms with Crippen LogP contribution < -0.4 is 5.32 Å². The fourth-order valence-corrected chi connectivity index (χ4v) is 1.81. The fourth-order valence-electron chi connectivity index (χ4n) is 1.64. The zero-order valence-corrected chi connectivity index (χ0v) is 9.57. The predicted octanol–water partition coefficient (Wildman–Crippen LogP) is 0.104. The van der Waals surface area contributed by atoms with Gasteiger partial charge in [0.1, 0.15) is 0 Å². The van der Waals surface area contributed by atoms with E-state index in [4.69, 9.17) is 11.6 Å². The molecule has 2 heterocycles. The van der Waals surface area contributed by atoms with E-state index < -0.39 is 0 Å². The largest absolute Gasteiger partial charge is 0.340 e. The third kappa shape index (κ3) is 2.68. The van der Waals surface area contributed by atoms with Crippen molar-refractivity contribution < 1.29 is 4.79 Å². The SMILES string of the molecule is O=C(Cc1nccnc1Cl)N1CCNCC1. The van der Waals surface area contributed by atoms with Crippen LogP contribution in [0.1, 0.15) is 5.69 Å². The van der Waals surface area contributed by atoms with E-state index in [1.165, 1.54) is 6.20 Å². The second-order valence-electron chi connectivity index (χ2n) is 3.60. The first kappa shape index (κ1) is 11.3. The molecule has 1 amide bonds. The van der Waals surface area contributed by atoms with Crippen LogP contribution in [0.25, 0.3) is 0 Å². The maximum atomic E-state index is 11.9. The van der Waals surface area contributed by atoms with Crippen molar-refractivity contribution in [2.45, 2.75) is 6.42 Å². The zero-order chi connectivity index (χ0) is 11.4. The van der Waals surface area contributed by atoms with Crippen LogP contribution in [0, 0.1) is 0 Å². The summed E-state index contributed by atoms with van der Waals surface area (Å²) in [5.41, 5.74) is 0.549. The summed E-state index contributed by atoms with van der Waals surface area (Å²) in [4.78, 5) is 21.7. The van der Waals surface area contributed by atoms with Crippen LogP contribution in [0.15, 0.2) is 12.4 Å². The molecule has 1 N–H and O–H groups in total. The summed E-state index contributed by atoms with van der Waals surface area (Å²) in [7, 11) is 0. The van der Waals surface area contributed by atoms with Gasteiger partial charge in [-0.05, 0) is 0 Å². The van der Waals surface area contributed by atoms with E-state index >= 15 is 0 Å². The number of carbonyl (C=O) groups excluding carboxylic acids is 1. The molecular formula is C10H13ClN4O. The van der Waals surface area contributed by atoms with Gasteiger partial charge in [-0.15, -0.1) is 0 Å². The van der Waals surface area contributed by atoms with E-state index in [9.17, 15) is 4.79 Å². The van der Waals surface area contributed by atoms with Crippen molar-refractivity contribution in [2.75, 3.05) is 26.2 Å². The minimum atomic E-state index is 0.0592. The molecule has 0 spiro atoms. The average Bonchev–Trinajstić information content (AvgIpc) is 2.33. The van der Waals surface area contributed by atoms with Gasteiger partial charge in [-0.2, -0.15) is 0 Å². The number of halogens is 1. The number of hydrogen-bond donors (Lipinski definition) is 1. The standard InChI is InChI=1S/C10H13ClN4O/c11-10-8(13-1-2-14-10)7-9(16)15-5-3-12-4-6-15/h1-2,12H,3-7H2. The number of amides is 1. The van der Waals surface area contributed by atoms with Gasteiger partial charge in [0.05, 0.1) is 12.1 Å². The van der Waals surface area contributed by atoms with Crippen LogP contribution in [-0.2, 0) is 11.2 Å². The van der Waals surface area contributed by atoms with Crippen molar-refractivity contribution in [2.24, 2.45) is 0 Å². The first-order valence-electron chi connectivity index (χ1n) is 5.21. The van der Waals surface area contributed by atoms with Gasteiger partial charge in [-0.1, -0.05) is 11.6 Å². The summed E-state index contributed by atoms with van der Waals surface area (Å²) in [6, 6.07) is 0.